The van der Waals surface area contributed by atoms with Crippen molar-refractivity contribution in [3.05, 3.63) is 163 Å². The van der Waals surface area contributed by atoms with Gasteiger partial charge >= 0.3 is 0 Å². The summed E-state index contributed by atoms with van der Waals surface area (Å²) in [5.74, 6) is -0.771. The normalized spacial score (nSPS) is 10.9. The van der Waals surface area contributed by atoms with Crippen LogP contribution in [0.15, 0.2) is 146 Å². The van der Waals surface area contributed by atoms with E-state index in [-0.39, 0.29) is 5.82 Å². The molecule has 6 rings (SSSR count). The summed E-state index contributed by atoms with van der Waals surface area (Å²) in [6.45, 7) is 2.07. The van der Waals surface area contributed by atoms with E-state index in [2.05, 4.69) is 43.3 Å². The van der Waals surface area contributed by atoms with E-state index in [0.717, 1.165) is 28.2 Å². The van der Waals surface area contributed by atoms with Crippen LogP contribution < -0.4 is 9.80 Å². The van der Waals surface area contributed by atoms with E-state index in [4.69, 9.17) is 0 Å². The van der Waals surface area contributed by atoms with Crippen molar-refractivity contribution in [3.63, 3.8) is 0 Å². The van der Waals surface area contributed by atoms with Gasteiger partial charge in [-0.15, -0.1) is 0 Å². The molecule has 2 nitrogen and oxygen atoms in total. The molecule has 0 saturated carbocycles. The van der Waals surface area contributed by atoms with Crippen molar-refractivity contribution in [1.29, 1.82) is 0 Å². The van der Waals surface area contributed by atoms with Gasteiger partial charge in [0.25, 0.3) is 0 Å². The van der Waals surface area contributed by atoms with Crippen molar-refractivity contribution in [2.24, 2.45) is 0 Å². The lowest BCUT2D eigenvalue weighted by Crippen LogP contribution is -2.12. The van der Waals surface area contributed by atoms with Gasteiger partial charge in [-0.1, -0.05) is 90.5 Å². The van der Waals surface area contributed by atoms with E-state index in [1.54, 1.807) is 17.0 Å². The fourth-order valence-electron chi connectivity index (χ4n) is 5.17. The SMILES string of the molecule is Cc1ccc(-c2ccc(N(c3ccccc3)c3ccc(-c4ccc(N(C)c5ccccc5)c(F)c4)cc3F)cc2)cc1. The molecule has 206 valence electrons. The first-order valence-corrected chi connectivity index (χ1v) is 13.9. The van der Waals surface area contributed by atoms with Crippen LogP contribution in [0.5, 0.6) is 0 Å². The number of aryl methyl sites for hydroxylation is 1. The monoisotopic (exact) mass is 552 g/mol. The van der Waals surface area contributed by atoms with Crippen molar-refractivity contribution in [1.82, 2.24) is 0 Å². The van der Waals surface area contributed by atoms with Gasteiger partial charge in [0.2, 0.25) is 0 Å². The molecule has 0 saturated heterocycles. The van der Waals surface area contributed by atoms with Crippen LogP contribution in [-0.4, -0.2) is 7.05 Å². The fourth-order valence-corrected chi connectivity index (χ4v) is 5.17. The Hall–Kier alpha value is -5.22. The van der Waals surface area contributed by atoms with E-state index in [0.29, 0.717) is 22.5 Å². The summed E-state index contributed by atoms with van der Waals surface area (Å²) < 4.78 is 31.2. The molecule has 0 bridgehead atoms. The topological polar surface area (TPSA) is 6.48 Å². The van der Waals surface area contributed by atoms with Crippen molar-refractivity contribution in [2.75, 3.05) is 16.8 Å². The van der Waals surface area contributed by atoms with E-state index in [9.17, 15) is 0 Å². The Labute approximate surface area is 245 Å². The van der Waals surface area contributed by atoms with Crippen molar-refractivity contribution in [2.45, 2.75) is 6.92 Å². The van der Waals surface area contributed by atoms with Crippen LogP contribution in [0, 0.1) is 18.6 Å². The van der Waals surface area contributed by atoms with Crippen molar-refractivity contribution >= 4 is 28.4 Å². The standard InChI is InChI=1S/C38H30F2N2/c1-27-13-15-28(16-14-27)29-17-21-34(22-18-29)42(33-11-7-4-8-12-33)38-24-20-31(26-36(38)40)30-19-23-37(35(39)25-30)41(2)32-9-5-3-6-10-32/h3-26H,1-2H3. The molecule has 0 fully saturated rings. The minimum absolute atomic E-state index is 0.372. The molecule has 0 heterocycles. The van der Waals surface area contributed by atoms with Crippen LogP contribution in [0.4, 0.5) is 37.2 Å². The Morgan fingerprint density at radius 1 is 0.429 bits per heavy atom. The predicted molar refractivity (Wildman–Crippen MR) is 171 cm³/mol. The summed E-state index contributed by atoms with van der Waals surface area (Å²) in [6.07, 6.45) is 0. The minimum atomic E-state index is -0.398. The molecular formula is C38H30F2N2. The average Bonchev–Trinajstić information content (AvgIpc) is 3.03. The van der Waals surface area contributed by atoms with Gasteiger partial charge in [0.15, 0.2) is 0 Å². The third-order valence-corrected chi connectivity index (χ3v) is 7.50. The highest BCUT2D eigenvalue weighted by atomic mass is 19.1. The van der Waals surface area contributed by atoms with Gasteiger partial charge in [-0.3, -0.25) is 0 Å². The van der Waals surface area contributed by atoms with Gasteiger partial charge in [0, 0.05) is 24.1 Å². The summed E-state index contributed by atoms with van der Waals surface area (Å²) in [7, 11) is 1.83. The summed E-state index contributed by atoms with van der Waals surface area (Å²) in [6, 6.07) is 45.9. The first kappa shape index (κ1) is 27.0. The molecule has 0 radical (unpaired) electrons. The van der Waals surface area contributed by atoms with Crippen molar-refractivity contribution < 1.29 is 8.78 Å². The highest BCUT2D eigenvalue weighted by Gasteiger charge is 2.18. The van der Waals surface area contributed by atoms with Crippen LogP contribution in [0.1, 0.15) is 5.56 Å². The molecule has 0 atom stereocenters. The summed E-state index contributed by atoms with van der Waals surface area (Å²) in [4.78, 5) is 3.70. The Kier molecular flexibility index (Phi) is 7.52. The Balaban J connectivity index is 1.33. The highest BCUT2D eigenvalue weighted by Crippen LogP contribution is 2.39. The molecule has 6 aromatic carbocycles. The molecule has 0 unspecified atom stereocenters. The quantitative estimate of drug-likeness (QED) is 0.194. The Morgan fingerprint density at radius 3 is 1.38 bits per heavy atom. The molecule has 0 spiro atoms. The predicted octanol–water partition coefficient (Wildman–Crippen LogP) is 10.8. The molecule has 6 aromatic rings. The summed E-state index contributed by atoms with van der Waals surface area (Å²) in [5.41, 5.74) is 8.06. The van der Waals surface area contributed by atoms with Crippen LogP contribution in [0.2, 0.25) is 0 Å². The van der Waals surface area contributed by atoms with Gasteiger partial charge in [-0.05, 0) is 89.8 Å². The third-order valence-electron chi connectivity index (χ3n) is 7.50. The third kappa shape index (κ3) is 5.52. The number of benzene rings is 6. The first-order valence-electron chi connectivity index (χ1n) is 13.9. The highest BCUT2D eigenvalue weighted by molar-refractivity contribution is 5.80. The molecule has 0 N–H and O–H groups in total. The molecule has 0 aliphatic rings. The second kappa shape index (κ2) is 11.7. The lowest BCUT2D eigenvalue weighted by atomic mass is 10.0. The van der Waals surface area contributed by atoms with E-state index in [1.165, 1.54) is 17.7 Å². The fraction of sp³-hybridized carbons (Fsp3) is 0.0526. The van der Waals surface area contributed by atoms with Gasteiger partial charge in [0.1, 0.15) is 11.6 Å². The molecule has 4 heteroatoms. The molecule has 0 amide bonds. The van der Waals surface area contributed by atoms with Gasteiger partial charge in [-0.25, -0.2) is 8.78 Å². The lowest BCUT2D eigenvalue weighted by molar-refractivity contribution is 0.626. The first-order chi connectivity index (χ1) is 20.5. The molecule has 0 aliphatic carbocycles. The number of para-hydroxylation sites is 2. The number of halogens is 2. The van der Waals surface area contributed by atoms with Gasteiger partial charge < -0.3 is 9.80 Å². The number of nitrogens with zero attached hydrogens (tertiary/aromatic N) is 2. The maximum absolute atomic E-state index is 15.9. The summed E-state index contributed by atoms with van der Waals surface area (Å²) >= 11 is 0. The second-order valence-corrected chi connectivity index (χ2v) is 10.3. The van der Waals surface area contributed by atoms with E-state index >= 15 is 8.78 Å². The number of hydrogen-bond donors (Lipinski definition) is 0. The van der Waals surface area contributed by atoms with Crippen LogP contribution in [0.25, 0.3) is 22.3 Å². The maximum Gasteiger partial charge on any atom is 0.147 e. The molecule has 0 aliphatic heterocycles. The Morgan fingerprint density at radius 2 is 0.857 bits per heavy atom. The lowest BCUT2D eigenvalue weighted by Gasteiger charge is -2.26. The zero-order valence-electron chi connectivity index (χ0n) is 23.5. The zero-order valence-corrected chi connectivity index (χ0v) is 23.5. The number of anilines is 5. The van der Waals surface area contributed by atoms with Gasteiger partial charge in [-0.2, -0.15) is 0 Å². The van der Waals surface area contributed by atoms with Crippen LogP contribution in [-0.2, 0) is 0 Å². The van der Waals surface area contributed by atoms with Crippen molar-refractivity contribution in [3.8, 4) is 22.3 Å². The summed E-state index contributed by atoms with van der Waals surface area (Å²) in [5, 5.41) is 0. The maximum atomic E-state index is 15.9. The minimum Gasteiger partial charge on any atom is -0.342 e. The average molecular weight is 553 g/mol. The van der Waals surface area contributed by atoms with Gasteiger partial charge in [0.05, 0.1) is 11.4 Å². The zero-order chi connectivity index (χ0) is 29.1. The number of rotatable bonds is 7. The molecule has 42 heavy (non-hydrogen) atoms. The Bertz CT molecular complexity index is 1800. The van der Waals surface area contributed by atoms with Crippen LogP contribution >= 0.6 is 0 Å². The van der Waals surface area contributed by atoms with E-state index < -0.39 is 5.82 Å². The molecular weight excluding hydrogens is 522 g/mol. The largest absolute Gasteiger partial charge is 0.342 e. The van der Waals surface area contributed by atoms with Crippen LogP contribution in [0.3, 0.4) is 0 Å². The second-order valence-electron chi connectivity index (χ2n) is 10.3. The molecule has 0 aromatic heterocycles. The smallest absolute Gasteiger partial charge is 0.147 e. The number of hydrogen-bond acceptors (Lipinski definition) is 2. The van der Waals surface area contributed by atoms with E-state index in [1.807, 2.05) is 96.9 Å².